The van der Waals surface area contributed by atoms with Crippen molar-refractivity contribution in [2.24, 2.45) is 0 Å². The van der Waals surface area contributed by atoms with Crippen molar-refractivity contribution in [2.45, 2.75) is 98.2 Å². The number of phenols is 5. The lowest BCUT2D eigenvalue weighted by Gasteiger charge is -2.47. The lowest BCUT2D eigenvalue weighted by Crippen LogP contribution is -2.65. The molecule has 0 spiro atoms. The SMILES string of the molecule is COc1cc(/C=C/C(=O)OC[C@H]2O[C@@H](OC3=Cc4c(cc(O)cc4O[C@@H]4O[C@@H](CO)[C@@H](O)[C@H](O)[C@H]4O)OC3c3ccc(O)c(O)c3)[C@H](O[C@@H]3O[C@H](CO)[C@@H](O)[C@H](O)[C@H]3OC(=O)/C=C/c3cc(OC)c(O)c(OC)c3)[C@@H](O)[C@@H]2O)ccc1O. The Kier molecular flexibility index (Phi) is 19.2. The molecular formula is C54H60O28. The molecule has 4 aliphatic rings. The number of esters is 2. The number of aliphatic hydroxyl groups excluding tert-OH is 9. The second kappa shape index (κ2) is 26.1. The summed E-state index contributed by atoms with van der Waals surface area (Å²) in [5.41, 5.74) is 0.542. The van der Waals surface area contributed by atoms with Gasteiger partial charge in [-0.25, -0.2) is 9.59 Å². The van der Waals surface area contributed by atoms with Crippen molar-refractivity contribution in [1.82, 2.24) is 0 Å². The number of carbonyl (C=O) groups excluding carboxylic acids is 2. The van der Waals surface area contributed by atoms with Gasteiger partial charge >= 0.3 is 11.9 Å². The van der Waals surface area contributed by atoms with E-state index in [-0.39, 0.29) is 62.7 Å². The van der Waals surface area contributed by atoms with Gasteiger partial charge in [0.25, 0.3) is 0 Å². The van der Waals surface area contributed by atoms with Crippen molar-refractivity contribution in [3.8, 4) is 57.5 Å². The molecule has 0 bridgehead atoms. The number of fused-ring (bicyclic) bond motifs is 1. The molecule has 0 amide bonds. The third kappa shape index (κ3) is 13.1. The average Bonchev–Trinajstić information content (AvgIpc) is 3.47. The summed E-state index contributed by atoms with van der Waals surface area (Å²) in [6.45, 7) is -2.62. The van der Waals surface area contributed by atoms with Gasteiger partial charge in [-0.2, -0.15) is 0 Å². The monoisotopic (exact) mass is 1160 g/mol. The van der Waals surface area contributed by atoms with E-state index in [1.54, 1.807) is 0 Å². The summed E-state index contributed by atoms with van der Waals surface area (Å²) in [6, 6.07) is 12.5. The third-order valence-electron chi connectivity index (χ3n) is 13.5. The fraction of sp³-hybridized carbons (Fsp3) is 0.407. The summed E-state index contributed by atoms with van der Waals surface area (Å²) in [5.74, 6) is -5.34. The van der Waals surface area contributed by atoms with Crippen molar-refractivity contribution < 1.29 is 138 Å². The number of methoxy groups -OCH3 is 3. The molecule has 1 unspecified atom stereocenters. The second-order valence-electron chi connectivity index (χ2n) is 18.8. The van der Waals surface area contributed by atoms with Crippen LogP contribution in [0.3, 0.4) is 0 Å². The van der Waals surface area contributed by atoms with Crippen LogP contribution < -0.4 is 23.7 Å². The first kappa shape index (κ1) is 60.4. The molecule has 82 heavy (non-hydrogen) atoms. The molecule has 0 aromatic heterocycles. The smallest absolute Gasteiger partial charge is 0.331 e. The second-order valence-corrected chi connectivity index (χ2v) is 18.8. The number of aliphatic hydroxyl groups is 9. The number of aromatic hydroxyl groups is 5. The Bertz CT molecular complexity index is 2970. The minimum atomic E-state index is -2.20. The number of rotatable bonds is 19. The Hall–Kier alpha value is -7.68. The largest absolute Gasteiger partial charge is 0.508 e. The predicted molar refractivity (Wildman–Crippen MR) is 273 cm³/mol. The molecule has 14 N–H and O–H groups in total. The number of hydrogen-bond acceptors (Lipinski definition) is 28. The highest BCUT2D eigenvalue weighted by Gasteiger charge is 2.54. The first-order chi connectivity index (χ1) is 39.2. The Morgan fingerprint density at radius 1 is 0.549 bits per heavy atom. The molecule has 0 aliphatic carbocycles. The fourth-order valence-electron chi connectivity index (χ4n) is 9.03. The van der Waals surface area contributed by atoms with Gasteiger partial charge in [0.2, 0.25) is 18.3 Å². The number of phenolic OH excluding ortho intramolecular Hbond substituents is 5. The standard InChI is InChI=1S/C54H60O28/c1-71-32-12-22(4-8-28(32)59)5-10-39(61)74-21-38-44(66)47(69)51(82-54-50(46(68)43(65)37(20-56)79-54)81-40(62)11-6-23-13-33(72-2)41(63)34(14-23)73-3)53(80-38)77-35-18-26-30(75-49(35)24-7-9-27(58)29(60)15-24)16-25(57)17-31(26)76-52-48(70)45(67)42(64)36(19-55)78-52/h4-18,36-38,42-60,63-70H,19-21H2,1-3H3/b10-5+,11-6+/t36-,37+,38+,42+,43+,44+,45-,46-,47-,48+,49?,50+,51+,52+,53+,54-/m0/s1. The normalized spacial score (nSPS) is 29.9. The van der Waals surface area contributed by atoms with E-state index in [9.17, 15) is 81.1 Å². The highest BCUT2D eigenvalue weighted by Crippen LogP contribution is 2.47. The maximum Gasteiger partial charge on any atom is 0.331 e. The van der Waals surface area contributed by atoms with Crippen LogP contribution in [0.5, 0.6) is 57.5 Å². The zero-order chi connectivity index (χ0) is 59.3. The summed E-state index contributed by atoms with van der Waals surface area (Å²) < 4.78 is 69.0. The first-order valence-electron chi connectivity index (χ1n) is 24.9. The van der Waals surface area contributed by atoms with Crippen LogP contribution in [0.25, 0.3) is 18.2 Å². The molecule has 4 heterocycles. The Labute approximate surface area is 464 Å². The van der Waals surface area contributed by atoms with Gasteiger partial charge in [-0.05, 0) is 65.8 Å². The van der Waals surface area contributed by atoms with Crippen LogP contribution in [-0.4, -0.2) is 217 Å². The van der Waals surface area contributed by atoms with E-state index in [0.717, 1.165) is 36.4 Å². The van der Waals surface area contributed by atoms with E-state index in [1.807, 2.05) is 0 Å². The highest BCUT2D eigenvalue weighted by atomic mass is 16.8. The van der Waals surface area contributed by atoms with Crippen LogP contribution in [0.15, 0.2) is 78.6 Å². The van der Waals surface area contributed by atoms with E-state index >= 15 is 0 Å². The minimum Gasteiger partial charge on any atom is -0.508 e. The van der Waals surface area contributed by atoms with Gasteiger partial charge in [0.1, 0.15) is 90.7 Å². The number of ether oxygens (including phenoxy) is 12. The van der Waals surface area contributed by atoms with Crippen LogP contribution in [-0.2, 0) is 42.7 Å². The molecule has 16 atom stereocenters. The fourth-order valence-corrected chi connectivity index (χ4v) is 9.03. The van der Waals surface area contributed by atoms with Gasteiger partial charge in [0.15, 0.2) is 59.1 Å². The first-order valence-corrected chi connectivity index (χ1v) is 24.9. The molecule has 0 saturated carbocycles. The van der Waals surface area contributed by atoms with Crippen molar-refractivity contribution in [3.05, 3.63) is 101 Å². The lowest BCUT2D eigenvalue weighted by atomic mass is 9.96. The van der Waals surface area contributed by atoms with E-state index in [0.29, 0.717) is 5.56 Å². The maximum absolute atomic E-state index is 13.5. The Morgan fingerprint density at radius 2 is 1.13 bits per heavy atom. The summed E-state index contributed by atoms with van der Waals surface area (Å²) in [7, 11) is 3.86. The van der Waals surface area contributed by atoms with Crippen LogP contribution in [0.4, 0.5) is 0 Å². The Balaban J connectivity index is 1.16. The number of benzene rings is 4. The molecule has 4 aromatic carbocycles. The summed E-state index contributed by atoms with van der Waals surface area (Å²) >= 11 is 0. The summed E-state index contributed by atoms with van der Waals surface area (Å²) in [4.78, 5) is 26.7. The van der Waals surface area contributed by atoms with E-state index < -0.39 is 147 Å². The molecule has 28 nitrogen and oxygen atoms in total. The molecule has 28 heteroatoms. The maximum atomic E-state index is 13.5. The summed E-state index contributed by atoms with van der Waals surface area (Å²) in [6.07, 6.45) is -24.8. The molecule has 4 aliphatic heterocycles. The van der Waals surface area contributed by atoms with Crippen molar-refractivity contribution in [2.75, 3.05) is 41.2 Å². The quantitative estimate of drug-likeness (QED) is 0.0306. The van der Waals surface area contributed by atoms with Crippen molar-refractivity contribution in [1.29, 1.82) is 0 Å². The van der Waals surface area contributed by atoms with Gasteiger partial charge in [-0.1, -0.05) is 12.1 Å². The molecule has 3 saturated heterocycles. The van der Waals surface area contributed by atoms with Gasteiger partial charge in [-0.3, -0.25) is 0 Å². The van der Waals surface area contributed by atoms with Crippen LogP contribution in [0, 0.1) is 0 Å². The van der Waals surface area contributed by atoms with E-state index in [2.05, 4.69) is 0 Å². The van der Waals surface area contributed by atoms with Crippen molar-refractivity contribution >= 4 is 30.2 Å². The molecule has 3 fully saturated rings. The molecular weight excluding hydrogens is 1100 g/mol. The zero-order valence-electron chi connectivity index (χ0n) is 43.5. The number of carbonyl (C=O) groups is 2. The average molecular weight is 1160 g/mol. The predicted octanol–water partition coefficient (Wildman–Crippen LogP) is -0.937. The van der Waals surface area contributed by atoms with Gasteiger partial charge in [0.05, 0.1) is 40.1 Å². The molecule has 444 valence electrons. The number of hydrogen-bond donors (Lipinski definition) is 14. The van der Waals surface area contributed by atoms with Crippen LogP contribution >= 0.6 is 0 Å². The van der Waals surface area contributed by atoms with Crippen LogP contribution in [0.2, 0.25) is 0 Å². The molecule has 0 radical (unpaired) electrons. The van der Waals surface area contributed by atoms with Crippen molar-refractivity contribution in [3.63, 3.8) is 0 Å². The lowest BCUT2D eigenvalue weighted by molar-refractivity contribution is -0.364. The molecule has 4 aromatic rings. The topological polar surface area (TPSA) is 428 Å². The summed E-state index contributed by atoms with van der Waals surface area (Å²) in [5, 5.41) is 150. The zero-order valence-corrected chi connectivity index (χ0v) is 43.5. The molecule has 8 rings (SSSR count). The van der Waals surface area contributed by atoms with Gasteiger partial charge in [-0.15, -0.1) is 0 Å². The van der Waals surface area contributed by atoms with Gasteiger partial charge < -0.3 is 128 Å². The van der Waals surface area contributed by atoms with E-state index in [4.69, 9.17) is 56.8 Å². The Morgan fingerprint density at radius 3 is 1.79 bits per heavy atom. The van der Waals surface area contributed by atoms with Gasteiger partial charge in [0, 0.05) is 29.8 Å². The minimum absolute atomic E-state index is 0.0204. The van der Waals surface area contributed by atoms with E-state index in [1.165, 1.54) is 76.0 Å². The third-order valence-corrected chi connectivity index (χ3v) is 13.5. The van der Waals surface area contributed by atoms with Crippen LogP contribution in [0.1, 0.15) is 28.4 Å². The highest BCUT2D eigenvalue weighted by molar-refractivity contribution is 5.88.